The average molecular weight is 474 g/mol. The van der Waals surface area contributed by atoms with Gasteiger partial charge in [-0.15, -0.1) is 24.0 Å². The van der Waals surface area contributed by atoms with Gasteiger partial charge in [0.15, 0.2) is 17.5 Å². The third-order valence-electron chi connectivity index (χ3n) is 3.93. The van der Waals surface area contributed by atoms with Crippen molar-refractivity contribution in [1.82, 2.24) is 10.5 Å². The Bertz CT molecular complexity index is 710. The molecule has 0 aliphatic rings. The molecule has 0 fully saturated rings. The molecule has 0 aliphatic carbocycles. The lowest BCUT2D eigenvalue weighted by Crippen LogP contribution is -2.31. The van der Waals surface area contributed by atoms with E-state index in [1.807, 2.05) is 25.1 Å². The van der Waals surface area contributed by atoms with E-state index in [0.29, 0.717) is 30.5 Å². The molecule has 1 heterocycles. The molecule has 7 nitrogen and oxygen atoms in total. The fraction of sp³-hybridized carbons (Fsp3) is 0.444. The summed E-state index contributed by atoms with van der Waals surface area (Å²) in [6.45, 7) is 5.09. The van der Waals surface area contributed by atoms with Gasteiger partial charge in [-0.25, -0.2) is 4.99 Å². The van der Waals surface area contributed by atoms with Crippen LogP contribution in [-0.2, 0) is 25.9 Å². The van der Waals surface area contributed by atoms with Gasteiger partial charge in [0.2, 0.25) is 0 Å². The minimum Gasteiger partial charge on any atom is -0.493 e. The van der Waals surface area contributed by atoms with Gasteiger partial charge >= 0.3 is 0 Å². The minimum atomic E-state index is 0. The van der Waals surface area contributed by atoms with E-state index in [2.05, 4.69) is 22.4 Å². The first-order valence-electron chi connectivity index (χ1n) is 8.33. The molecule has 2 rings (SSSR count). The van der Waals surface area contributed by atoms with E-state index in [1.165, 1.54) is 0 Å². The van der Waals surface area contributed by atoms with Crippen LogP contribution in [0.2, 0.25) is 0 Å². The molecular formula is C18H27IN4O3. The highest BCUT2D eigenvalue weighted by Crippen LogP contribution is 2.27. The van der Waals surface area contributed by atoms with Crippen LogP contribution in [0, 0.1) is 0 Å². The van der Waals surface area contributed by atoms with Gasteiger partial charge in [-0.1, -0.05) is 25.1 Å². The van der Waals surface area contributed by atoms with Gasteiger partial charge in [0, 0.05) is 18.5 Å². The van der Waals surface area contributed by atoms with Crippen molar-refractivity contribution in [2.45, 2.75) is 39.8 Å². The minimum absolute atomic E-state index is 0. The zero-order valence-electron chi connectivity index (χ0n) is 15.7. The van der Waals surface area contributed by atoms with Gasteiger partial charge < -0.3 is 25.0 Å². The van der Waals surface area contributed by atoms with Crippen LogP contribution in [0.15, 0.2) is 27.7 Å². The third-order valence-corrected chi connectivity index (χ3v) is 3.93. The molecular weight excluding hydrogens is 447 g/mol. The van der Waals surface area contributed by atoms with Crippen LogP contribution in [-0.4, -0.2) is 25.3 Å². The van der Waals surface area contributed by atoms with E-state index in [0.717, 1.165) is 35.4 Å². The Morgan fingerprint density at radius 1 is 1.19 bits per heavy atom. The number of rotatable bonds is 8. The second kappa shape index (κ2) is 10.9. The van der Waals surface area contributed by atoms with Gasteiger partial charge in [0.1, 0.15) is 5.76 Å². The zero-order chi connectivity index (χ0) is 18.2. The number of aryl methyl sites for hydroxylation is 2. The number of nitrogens with one attached hydrogen (secondary N) is 1. The van der Waals surface area contributed by atoms with Crippen molar-refractivity contribution in [2.24, 2.45) is 10.7 Å². The molecule has 0 aliphatic heterocycles. The highest BCUT2D eigenvalue weighted by Gasteiger charge is 2.13. The molecule has 3 N–H and O–H groups in total. The summed E-state index contributed by atoms with van der Waals surface area (Å²) in [6.07, 6.45) is 1.62. The first kappa shape index (κ1) is 22.1. The Labute approximate surface area is 171 Å². The predicted molar refractivity (Wildman–Crippen MR) is 112 cm³/mol. The lowest BCUT2D eigenvalue weighted by atomic mass is 10.1. The second-order valence-electron chi connectivity index (χ2n) is 5.48. The normalized spacial score (nSPS) is 11.0. The Kier molecular flexibility index (Phi) is 9.25. The quantitative estimate of drug-likeness (QED) is 0.347. The maximum Gasteiger partial charge on any atom is 0.189 e. The summed E-state index contributed by atoms with van der Waals surface area (Å²) < 4.78 is 15.9. The number of benzene rings is 1. The lowest BCUT2D eigenvalue weighted by Gasteiger charge is -2.09. The number of hydrogen-bond donors (Lipinski definition) is 2. The molecule has 0 atom stereocenters. The number of hydrogen-bond acceptors (Lipinski definition) is 5. The third kappa shape index (κ3) is 5.52. The molecule has 0 spiro atoms. The molecule has 26 heavy (non-hydrogen) atoms. The van der Waals surface area contributed by atoms with E-state index in [4.69, 9.17) is 19.7 Å². The zero-order valence-corrected chi connectivity index (χ0v) is 18.0. The topological polar surface area (TPSA) is 94.9 Å². The number of guanidine groups is 1. The van der Waals surface area contributed by atoms with Crippen LogP contribution in [0.25, 0.3) is 0 Å². The van der Waals surface area contributed by atoms with Gasteiger partial charge in [0.05, 0.1) is 26.5 Å². The van der Waals surface area contributed by atoms with Gasteiger partial charge in [-0.2, -0.15) is 0 Å². The monoisotopic (exact) mass is 474 g/mol. The van der Waals surface area contributed by atoms with Gasteiger partial charge in [0.25, 0.3) is 0 Å². The number of halogens is 1. The number of nitrogens with zero attached hydrogens (tertiary/aromatic N) is 2. The van der Waals surface area contributed by atoms with E-state index < -0.39 is 0 Å². The lowest BCUT2D eigenvalue weighted by molar-refractivity contribution is 0.354. The summed E-state index contributed by atoms with van der Waals surface area (Å²) in [7, 11) is 3.22. The summed E-state index contributed by atoms with van der Waals surface area (Å²) in [4.78, 5) is 4.37. The van der Waals surface area contributed by atoms with Crippen molar-refractivity contribution in [2.75, 3.05) is 14.2 Å². The summed E-state index contributed by atoms with van der Waals surface area (Å²) in [5.41, 5.74) is 8.98. The van der Waals surface area contributed by atoms with Crippen molar-refractivity contribution in [1.29, 1.82) is 0 Å². The molecule has 0 bridgehead atoms. The molecule has 144 valence electrons. The van der Waals surface area contributed by atoms with E-state index in [1.54, 1.807) is 14.2 Å². The Morgan fingerprint density at radius 2 is 1.92 bits per heavy atom. The summed E-state index contributed by atoms with van der Waals surface area (Å²) in [5, 5.41) is 7.22. The maximum atomic E-state index is 5.98. The Hall–Kier alpha value is -1.97. The fourth-order valence-corrected chi connectivity index (χ4v) is 2.53. The largest absolute Gasteiger partial charge is 0.493 e. The highest BCUT2D eigenvalue weighted by atomic mass is 127. The highest BCUT2D eigenvalue weighted by molar-refractivity contribution is 14.0. The standard InChI is InChI=1S/C18H26N4O3.HI/c1-5-14-13(15(6-2)25-22-14)11-21-18(19)20-10-12-7-8-16(23-3)17(9-12)24-4;/h7-9H,5-6,10-11H2,1-4H3,(H3,19,20,21);1H. The molecule has 1 aromatic carbocycles. The van der Waals surface area contributed by atoms with E-state index >= 15 is 0 Å². The molecule has 2 aromatic rings. The summed E-state index contributed by atoms with van der Waals surface area (Å²) in [5.74, 6) is 2.62. The number of ether oxygens (including phenoxy) is 2. The molecule has 0 saturated heterocycles. The van der Waals surface area contributed by atoms with Crippen LogP contribution in [0.4, 0.5) is 0 Å². The number of aromatic nitrogens is 1. The van der Waals surface area contributed by atoms with Crippen LogP contribution in [0.1, 0.15) is 36.4 Å². The second-order valence-corrected chi connectivity index (χ2v) is 5.48. The Morgan fingerprint density at radius 3 is 2.54 bits per heavy atom. The van der Waals surface area contributed by atoms with E-state index in [9.17, 15) is 0 Å². The van der Waals surface area contributed by atoms with Gasteiger partial charge in [-0.05, 0) is 24.1 Å². The molecule has 0 amide bonds. The average Bonchev–Trinajstić information content (AvgIpc) is 3.06. The van der Waals surface area contributed by atoms with Crippen molar-refractivity contribution >= 4 is 29.9 Å². The van der Waals surface area contributed by atoms with Crippen LogP contribution >= 0.6 is 24.0 Å². The first-order valence-corrected chi connectivity index (χ1v) is 8.33. The Balaban J connectivity index is 0.00000338. The molecule has 0 radical (unpaired) electrons. The van der Waals surface area contributed by atoms with Crippen molar-refractivity contribution in [3.63, 3.8) is 0 Å². The maximum absolute atomic E-state index is 5.98. The van der Waals surface area contributed by atoms with E-state index in [-0.39, 0.29) is 24.0 Å². The van der Waals surface area contributed by atoms with Crippen molar-refractivity contribution in [3.05, 3.63) is 40.8 Å². The number of aliphatic imine (C=N–C) groups is 1. The summed E-state index contributed by atoms with van der Waals surface area (Å²) in [6, 6.07) is 5.67. The van der Waals surface area contributed by atoms with Crippen LogP contribution in [0.5, 0.6) is 11.5 Å². The smallest absolute Gasteiger partial charge is 0.189 e. The SMILES string of the molecule is CCc1noc(CC)c1CNC(N)=NCc1ccc(OC)c(OC)c1.I. The summed E-state index contributed by atoms with van der Waals surface area (Å²) >= 11 is 0. The van der Waals surface area contributed by atoms with Gasteiger partial charge in [-0.3, -0.25) is 0 Å². The molecule has 0 saturated carbocycles. The van der Waals surface area contributed by atoms with Crippen LogP contribution < -0.4 is 20.5 Å². The van der Waals surface area contributed by atoms with Crippen LogP contribution in [0.3, 0.4) is 0 Å². The molecule has 8 heteroatoms. The van der Waals surface area contributed by atoms with Crippen molar-refractivity contribution in [3.8, 4) is 11.5 Å². The van der Waals surface area contributed by atoms with Crippen molar-refractivity contribution < 1.29 is 14.0 Å². The first-order chi connectivity index (χ1) is 12.1. The molecule has 0 unspecified atom stereocenters. The number of methoxy groups -OCH3 is 2. The number of nitrogens with two attached hydrogens (primary N) is 1. The fourth-order valence-electron chi connectivity index (χ4n) is 2.53. The predicted octanol–water partition coefficient (Wildman–Crippen LogP) is 3.04. The molecule has 1 aromatic heterocycles.